The number of nitrogen functional groups attached to an aromatic ring is 1. The molecule has 3 N–H and O–H groups in total. The van der Waals surface area contributed by atoms with Crippen molar-refractivity contribution in [2.45, 2.75) is 6.54 Å². The Kier molecular flexibility index (Phi) is 4.60. The molecule has 2 rings (SSSR count). The van der Waals surface area contributed by atoms with Crippen molar-refractivity contribution in [3.05, 3.63) is 46.2 Å². The summed E-state index contributed by atoms with van der Waals surface area (Å²) in [6, 6.07) is 11.6. The van der Waals surface area contributed by atoms with Crippen LogP contribution >= 0.6 is 11.3 Å². The maximum atomic E-state index is 11.4. The van der Waals surface area contributed by atoms with Crippen LogP contribution < -0.4 is 20.9 Å². The summed E-state index contributed by atoms with van der Waals surface area (Å²) >= 11 is 1.44. The summed E-state index contributed by atoms with van der Waals surface area (Å²) in [5.41, 5.74) is 3.22. The number of rotatable bonds is 5. The van der Waals surface area contributed by atoms with Crippen LogP contribution in [0.25, 0.3) is 0 Å². The van der Waals surface area contributed by atoms with E-state index in [0.29, 0.717) is 4.88 Å². The van der Waals surface area contributed by atoms with E-state index in [4.69, 9.17) is 10.6 Å². The number of hydrogen-bond donors (Lipinski definition) is 2. The van der Waals surface area contributed by atoms with E-state index in [0.717, 1.165) is 22.9 Å². The Hall–Kier alpha value is -2.05. The molecule has 0 aliphatic carbocycles. The molecule has 1 heterocycles. The van der Waals surface area contributed by atoms with Crippen LogP contribution in [0.1, 0.15) is 14.5 Å². The molecule has 2 aromatic rings. The number of amides is 1. The first-order valence-corrected chi connectivity index (χ1v) is 6.90. The van der Waals surface area contributed by atoms with Gasteiger partial charge in [0.25, 0.3) is 5.91 Å². The van der Waals surface area contributed by atoms with Gasteiger partial charge in [0.2, 0.25) is 0 Å². The van der Waals surface area contributed by atoms with Crippen molar-refractivity contribution < 1.29 is 9.53 Å². The minimum atomic E-state index is -0.256. The normalized spacial score (nSPS) is 10.2. The van der Waals surface area contributed by atoms with E-state index in [9.17, 15) is 4.79 Å². The topological polar surface area (TPSA) is 67.6 Å². The average molecular weight is 291 g/mol. The average Bonchev–Trinajstić information content (AvgIpc) is 2.95. The van der Waals surface area contributed by atoms with E-state index in [-0.39, 0.29) is 5.91 Å². The highest BCUT2D eigenvalue weighted by atomic mass is 32.1. The molecule has 0 fully saturated rings. The SMILES string of the molecule is COc1ccc(N(C)Cc2ccc(C(=O)NN)s2)cc1. The van der Waals surface area contributed by atoms with Gasteiger partial charge in [0.05, 0.1) is 18.5 Å². The van der Waals surface area contributed by atoms with Gasteiger partial charge in [-0.05, 0) is 36.4 Å². The standard InChI is InChI=1S/C14H17N3O2S/c1-17(10-3-5-11(19-2)6-4-10)9-12-7-8-13(20-12)14(18)16-15/h3-8H,9,15H2,1-2H3,(H,16,18). The Morgan fingerprint density at radius 2 is 2.00 bits per heavy atom. The predicted octanol–water partition coefficient (Wildman–Crippen LogP) is 2.00. The molecular formula is C14H17N3O2S. The van der Waals surface area contributed by atoms with E-state index in [2.05, 4.69) is 10.3 Å². The Labute approximate surface area is 121 Å². The Morgan fingerprint density at radius 3 is 2.60 bits per heavy atom. The van der Waals surface area contributed by atoms with Crippen molar-refractivity contribution in [1.29, 1.82) is 0 Å². The molecule has 0 radical (unpaired) electrons. The number of nitrogens with two attached hydrogens (primary N) is 1. The highest BCUT2D eigenvalue weighted by molar-refractivity contribution is 7.14. The molecule has 1 aromatic carbocycles. The fourth-order valence-corrected chi connectivity index (χ4v) is 2.78. The van der Waals surface area contributed by atoms with Gasteiger partial charge < -0.3 is 9.64 Å². The van der Waals surface area contributed by atoms with E-state index in [1.165, 1.54) is 11.3 Å². The number of thiophene rings is 1. The predicted molar refractivity (Wildman–Crippen MR) is 81.1 cm³/mol. The zero-order chi connectivity index (χ0) is 14.5. The second-order valence-corrected chi connectivity index (χ2v) is 5.46. The zero-order valence-electron chi connectivity index (χ0n) is 11.4. The minimum absolute atomic E-state index is 0.256. The molecule has 5 nitrogen and oxygen atoms in total. The third-order valence-electron chi connectivity index (χ3n) is 2.92. The van der Waals surface area contributed by atoms with Crippen LogP contribution in [0, 0.1) is 0 Å². The van der Waals surface area contributed by atoms with Gasteiger partial charge in [0, 0.05) is 17.6 Å². The number of nitrogens with one attached hydrogen (secondary N) is 1. The highest BCUT2D eigenvalue weighted by Crippen LogP contribution is 2.23. The van der Waals surface area contributed by atoms with Gasteiger partial charge in [-0.2, -0.15) is 0 Å². The summed E-state index contributed by atoms with van der Waals surface area (Å²) < 4.78 is 5.14. The molecule has 0 unspecified atom stereocenters. The number of methoxy groups -OCH3 is 1. The fourth-order valence-electron chi connectivity index (χ4n) is 1.82. The van der Waals surface area contributed by atoms with Crippen molar-refractivity contribution in [2.24, 2.45) is 5.84 Å². The van der Waals surface area contributed by atoms with E-state index >= 15 is 0 Å². The molecule has 0 aliphatic rings. The lowest BCUT2D eigenvalue weighted by Gasteiger charge is -2.18. The molecule has 0 aliphatic heterocycles. The van der Waals surface area contributed by atoms with Crippen molar-refractivity contribution >= 4 is 22.9 Å². The second kappa shape index (κ2) is 6.40. The number of hydrazine groups is 1. The number of anilines is 1. The lowest BCUT2D eigenvalue weighted by molar-refractivity contribution is 0.0957. The van der Waals surface area contributed by atoms with Crippen LogP contribution in [0.2, 0.25) is 0 Å². The van der Waals surface area contributed by atoms with Crippen LogP contribution in [0.5, 0.6) is 5.75 Å². The van der Waals surface area contributed by atoms with Gasteiger partial charge >= 0.3 is 0 Å². The van der Waals surface area contributed by atoms with Crippen LogP contribution in [-0.2, 0) is 6.54 Å². The van der Waals surface area contributed by atoms with Crippen molar-refractivity contribution in [3.63, 3.8) is 0 Å². The number of carbonyl (C=O) groups excluding carboxylic acids is 1. The monoisotopic (exact) mass is 291 g/mol. The lowest BCUT2D eigenvalue weighted by Crippen LogP contribution is -2.29. The van der Waals surface area contributed by atoms with Crippen LogP contribution in [0.4, 0.5) is 5.69 Å². The number of carbonyl (C=O) groups is 1. The largest absolute Gasteiger partial charge is 0.497 e. The fraction of sp³-hybridized carbons (Fsp3) is 0.214. The summed E-state index contributed by atoms with van der Waals surface area (Å²) in [5.74, 6) is 5.70. The van der Waals surface area contributed by atoms with Crippen LogP contribution in [0.15, 0.2) is 36.4 Å². The molecule has 0 saturated heterocycles. The second-order valence-electron chi connectivity index (χ2n) is 4.29. The van der Waals surface area contributed by atoms with Crippen molar-refractivity contribution in [1.82, 2.24) is 5.43 Å². The molecule has 106 valence electrons. The Balaban J connectivity index is 2.04. The van der Waals surface area contributed by atoms with E-state index in [1.807, 2.05) is 37.4 Å². The molecule has 1 aromatic heterocycles. The Bertz CT molecular complexity index is 580. The first kappa shape index (κ1) is 14.4. The third-order valence-corrected chi connectivity index (χ3v) is 3.99. The molecule has 0 spiro atoms. The van der Waals surface area contributed by atoms with E-state index < -0.39 is 0 Å². The number of nitrogens with zero attached hydrogens (tertiary/aromatic N) is 1. The lowest BCUT2D eigenvalue weighted by atomic mass is 10.2. The van der Waals surface area contributed by atoms with Crippen molar-refractivity contribution in [2.75, 3.05) is 19.1 Å². The van der Waals surface area contributed by atoms with Gasteiger partial charge in [-0.25, -0.2) is 5.84 Å². The maximum absolute atomic E-state index is 11.4. The zero-order valence-corrected chi connectivity index (χ0v) is 12.2. The summed E-state index contributed by atoms with van der Waals surface area (Å²) in [7, 11) is 3.65. The first-order valence-electron chi connectivity index (χ1n) is 6.09. The molecule has 20 heavy (non-hydrogen) atoms. The molecule has 0 bridgehead atoms. The molecule has 0 saturated carbocycles. The van der Waals surface area contributed by atoms with Crippen LogP contribution in [-0.4, -0.2) is 20.1 Å². The van der Waals surface area contributed by atoms with Gasteiger partial charge in [-0.3, -0.25) is 10.2 Å². The van der Waals surface area contributed by atoms with Gasteiger partial charge in [0.1, 0.15) is 5.75 Å². The number of benzene rings is 1. The molecular weight excluding hydrogens is 274 g/mol. The van der Waals surface area contributed by atoms with Crippen molar-refractivity contribution in [3.8, 4) is 5.75 Å². The summed E-state index contributed by atoms with van der Waals surface area (Å²) in [4.78, 5) is 15.2. The van der Waals surface area contributed by atoms with Gasteiger partial charge in [-0.15, -0.1) is 11.3 Å². The summed E-state index contributed by atoms with van der Waals surface area (Å²) in [6.45, 7) is 0.731. The summed E-state index contributed by atoms with van der Waals surface area (Å²) in [5, 5.41) is 0. The van der Waals surface area contributed by atoms with Gasteiger partial charge in [-0.1, -0.05) is 0 Å². The van der Waals surface area contributed by atoms with Gasteiger partial charge in [0.15, 0.2) is 0 Å². The Morgan fingerprint density at radius 1 is 1.30 bits per heavy atom. The molecule has 6 heteroatoms. The third kappa shape index (κ3) is 3.28. The number of ether oxygens (including phenoxy) is 1. The molecule has 1 amide bonds. The maximum Gasteiger partial charge on any atom is 0.275 e. The smallest absolute Gasteiger partial charge is 0.275 e. The number of hydrogen-bond acceptors (Lipinski definition) is 5. The van der Waals surface area contributed by atoms with Crippen LogP contribution in [0.3, 0.4) is 0 Å². The first-order chi connectivity index (χ1) is 9.63. The molecule has 0 atom stereocenters. The van der Waals surface area contributed by atoms with E-state index in [1.54, 1.807) is 13.2 Å². The highest BCUT2D eigenvalue weighted by Gasteiger charge is 2.09. The minimum Gasteiger partial charge on any atom is -0.497 e. The summed E-state index contributed by atoms with van der Waals surface area (Å²) in [6.07, 6.45) is 0. The quantitative estimate of drug-likeness (QED) is 0.502.